The second kappa shape index (κ2) is 6.93. The van der Waals surface area contributed by atoms with E-state index in [2.05, 4.69) is 15.6 Å². The molecule has 1 heterocycles. The maximum Gasteiger partial charge on any atom is 0.313 e. The van der Waals surface area contributed by atoms with Gasteiger partial charge in [-0.2, -0.15) is 0 Å². The summed E-state index contributed by atoms with van der Waals surface area (Å²) in [6, 6.07) is 5.88. The van der Waals surface area contributed by atoms with E-state index >= 15 is 0 Å². The first-order chi connectivity index (χ1) is 10.9. The number of carbonyl (C=O) groups excluding carboxylic acids is 1. The van der Waals surface area contributed by atoms with Crippen molar-refractivity contribution >= 4 is 34.7 Å². The Morgan fingerprint density at radius 1 is 1.35 bits per heavy atom. The fourth-order valence-corrected chi connectivity index (χ4v) is 1.98. The van der Waals surface area contributed by atoms with E-state index in [9.17, 15) is 14.9 Å². The van der Waals surface area contributed by atoms with Gasteiger partial charge in [0.15, 0.2) is 11.6 Å². The third-order valence-electron chi connectivity index (χ3n) is 2.81. The summed E-state index contributed by atoms with van der Waals surface area (Å²) in [5.74, 6) is -0.0614. The van der Waals surface area contributed by atoms with Crippen molar-refractivity contribution < 1.29 is 14.5 Å². The zero-order chi connectivity index (χ0) is 17.0. The van der Waals surface area contributed by atoms with E-state index in [1.807, 2.05) is 0 Å². The smallest absolute Gasteiger partial charge is 0.313 e. The van der Waals surface area contributed by atoms with Gasteiger partial charge in [-0.1, -0.05) is 11.6 Å². The SMILES string of the molecule is CNc1ccc(Oc2ccnc(NC(C)=O)c2Cl)c([N+](=O)[O-])c1. The van der Waals surface area contributed by atoms with Gasteiger partial charge in [-0.15, -0.1) is 0 Å². The average Bonchev–Trinajstić information content (AvgIpc) is 2.51. The van der Waals surface area contributed by atoms with Crippen molar-refractivity contribution in [3.05, 3.63) is 45.6 Å². The van der Waals surface area contributed by atoms with Crippen molar-refractivity contribution in [1.29, 1.82) is 0 Å². The number of hydrogen-bond acceptors (Lipinski definition) is 6. The molecule has 0 aliphatic rings. The monoisotopic (exact) mass is 336 g/mol. The number of carbonyl (C=O) groups is 1. The molecule has 23 heavy (non-hydrogen) atoms. The summed E-state index contributed by atoms with van der Waals surface area (Å²) in [6.45, 7) is 1.31. The Morgan fingerprint density at radius 2 is 2.09 bits per heavy atom. The molecule has 8 nitrogen and oxygen atoms in total. The van der Waals surface area contributed by atoms with E-state index in [0.29, 0.717) is 5.69 Å². The second-order valence-electron chi connectivity index (χ2n) is 4.44. The van der Waals surface area contributed by atoms with Gasteiger partial charge in [0.05, 0.1) is 4.92 Å². The number of nitrogens with zero attached hydrogens (tertiary/aromatic N) is 2. The summed E-state index contributed by atoms with van der Waals surface area (Å²) in [4.78, 5) is 25.6. The molecule has 0 spiro atoms. The molecule has 120 valence electrons. The highest BCUT2D eigenvalue weighted by molar-refractivity contribution is 6.34. The number of ether oxygens (including phenoxy) is 1. The molecule has 0 radical (unpaired) electrons. The van der Waals surface area contributed by atoms with E-state index in [1.54, 1.807) is 13.1 Å². The highest BCUT2D eigenvalue weighted by Gasteiger charge is 2.19. The van der Waals surface area contributed by atoms with Crippen LogP contribution in [0.1, 0.15) is 6.92 Å². The number of halogens is 1. The summed E-state index contributed by atoms with van der Waals surface area (Å²) >= 11 is 6.11. The van der Waals surface area contributed by atoms with Gasteiger partial charge < -0.3 is 15.4 Å². The number of hydrogen-bond donors (Lipinski definition) is 2. The summed E-state index contributed by atoms with van der Waals surface area (Å²) in [7, 11) is 1.65. The molecule has 0 saturated heterocycles. The molecule has 0 fully saturated rings. The fraction of sp³-hybridized carbons (Fsp3) is 0.143. The summed E-state index contributed by atoms with van der Waals surface area (Å²) < 4.78 is 5.53. The topological polar surface area (TPSA) is 106 Å². The quantitative estimate of drug-likeness (QED) is 0.640. The molecule has 0 saturated carbocycles. The van der Waals surface area contributed by atoms with Crippen LogP contribution in [0.2, 0.25) is 5.02 Å². The molecule has 1 amide bonds. The number of nitro groups is 1. The molecule has 0 unspecified atom stereocenters. The predicted molar refractivity (Wildman–Crippen MR) is 86.3 cm³/mol. The molecule has 0 aliphatic heterocycles. The van der Waals surface area contributed by atoms with Crippen molar-refractivity contribution in [2.45, 2.75) is 6.92 Å². The van der Waals surface area contributed by atoms with Gasteiger partial charge in [-0.05, 0) is 12.1 Å². The Hall–Kier alpha value is -2.87. The van der Waals surface area contributed by atoms with E-state index < -0.39 is 4.92 Å². The minimum Gasteiger partial charge on any atom is -0.448 e. The van der Waals surface area contributed by atoms with E-state index in [1.165, 1.54) is 31.3 Å². The summed E-state index contributed by atoms with van der Waals surface area (Å²) in [5.41, 5.74) is 0.356. The standard InChI is InChI=1S/C14H13ClN4O4/c1-8(20)18-14-13(15)12(5-6-17-14)23-11-4-3-9(16-2)7-10(11)19(21)22/h3-7,16H,1-2H3,(H,17,18,20). The number of nitro benzene ring substituents is 1. The van der Waals surface area contributed by atoms with Crippen LogP contribution in [0.15, 0.2) is 30.5 Å². The number of pyridine rings is 1. The molecule has 9 heteroatoms. The first-order valence-electron chi connectivity index (χ1n) is 6.48. The summed E-state index contributed by atoms with van der Waals surface area (Å²) in [6.07, 6.45) is 1.38. The molecule has 0 bridgehead atoms. The van der Waals surface area contributed by atoms with Gasteiger partial charge in [0.1, 0.15) is 5.02 Å². The zero-order valence-corrected chi connectivity index (χ0v) is 13.0. The Morgan fingerprint density at radius 3 is 2.70 bits per heavy atom. The average molecular weight is 337 g/mol. The number of rotatable bonds is 5. The Balaban J connectivity index is 2.39. The Bertz CT molecular complexity index is 766. The van der Waals surface area contributed by atoms with Crippen LogP contribution in [0.3, 0.4) is 0 Å². The molecular formula is C14H13ClN4O4. The Kier molecular flexibility index (Phi) is 4.97. The molecule has 1 aromatic heterocycles. The molecule has 2 rings (SSSR count). The minimum atomic E-state index is -0.556. The fourth-order valence-electron chi connectivity index (χ4n) is 1.78. The second-order valence-corrected chi connectivity index (χ2v) is 4.82. The molecule has 2 aromatic rings. The van der Waals surface area contributed by atoms with Crippen LogP contribution < -0.4 is 15.4 Å². The number of aromatic nitrogens is 1. The van der Waals surface area contributed by atoms with Crippen LogP contribution in [0.4, 0.5) is 17.2 Å². The van der Waals surface area contributed by atoms with E-state index in [0.717, 1.165) is 0 Å². The Labute approximate surface area is 136 Å². The maximum absolute atomic E-state index is 11.2. The number of nitrogens with one attached hydrogen (secondary N) is 2. The van der Waals surface area contributed by atoms with Crippen LogP contribution in [0.25, 0.3) is 0 Å². The minimum absolute atomic E-state index is 0.0240. The van der Waals surface area contributed by atoms with Crippen LogP contribution in [-0.4, -0.2) is 22.9 Å². The van der Waals surface area contributed by atoms with E-state index in [4.69, 9.17) is 16.3 Å². The zero-order valence-electron chi connectivity index (χ0n) is 12.3. The molecule has 0 atom stereocenters. The lowest BCUT2D eigenvalue weighted by Gasteiger charge is -2.11. The van der Waals surface area contributed by atoms with Crippen molar-refractivity contribution in [1.82, 2.24) is 4.98 Å². The predicted octanol–water partition coefficient (Wildman–Crippen LogP) is 3.44. The number of benzene rings is 1. The molecule has 2 N–H and O–H groups in total. The number of anilines is 2. The number of amides is 1. The van der Waals surface area contributed by atoms with Gasteiger partial charge in [0.2, 0.25) is 11.7 Å². The lowest BCUT2D eigenvalue weighted by molar-refractivity contribution is -0.385. The van der Waals surface area contributed by atoms with Crippen LogP contribution in [0.5, 0.6) is 11.5 Å². The van der Waals surface area contributed by atoms with Crippen molar-refractivity contribution in [3.63, 3.8) is 0 Å². The van der Waals surface area contributed by atoms with Gasteiger partial charge in [-0.25, -0.2) is 4.98 Å². The van der Waals surface area contributed by atoms with Crippen molar-refractivity contribution in [3.8, 4) is 11.5 Å². The molecular weight excluding hydrogens is 324 g/mol. The third-order valence-corrected chi connectivity index (χ3v) is 3.18. The highest BCUT2D eigenvalue weighted by Crippen LogP contribution is 2.38. The molecule has 1 aromatic carbocycles. The van der Waals surface area contributed by atoms with Crippen molar-refractivity contribution in [2.75, 3.05) is 17.7 Å². The van der Waals surface area contributed by atoms with Gasteiger partial charge in [0.25, 0.3) is 0 Å². The maximum atomic E-state index is 11.2. The first-order valence-corrected chi connectivity index (χ1v) is 6.86. The molecule has 0 aliphatic carbocycles. The summed E-state index contributed by atoms with van der Waals surface area (Å²) in [5, 5.41) is 16.5. The van der Waals surface area contributed by atoms with Gasteiger partial charge >= 0.3 is 5.69 Å². The lowest BCUT2D eigenvalue weighted by Crippen LogP contribution is -2.08. The van der Waals surface area contributed by atoms with E-state index in [-0.39, 0.29) is 33.9 Å². The third kappa shape index (κ3) is 3.86. The normalized spacial score (nSPS) is 10.0. The largest absolute Gasteiger partial charge is 0.448 e. The van der Waals surface area contributed by atoms with Crippen molar-refractivity contribution in [2.24, 2.45) is 0 Å². The van der Waals surface area contributed by atoms with Gasteiger partial charge in [0, 0.05) is 38.0 Å². The van der Waals surface area contributed by atoms with Crippen LogP contribution >= 0.6 is 11.6 Å². The lowest BCUT2D eigenvalue weighted by atomic mass is 10.2. The van der Waals surface area contributed by atoms with Gasteiger partial charge in [-0.3, -0.25) is 14.9 Å². The van der Waals surface area contributed by atoms with Crippen LogP contribution in [0, 0.1) is 10.1 Å². The highest BCUT2D eigenvalue weighted by atomic mass is 35.5. The first kappa shape index (κ1) is 16.5. The van der Waals surface area contributed by atoms with Crippen LogP contribution in [-0.2, 0) is 4.79 Å².